The van der Waals surface area contributed by atoms with Gasteiger partial charge in [0.2, 0.25) is 0 Å². The van der Waals surface area contributed by atoms with Crippen LogP contribution in [-0.2, 0) is 6.54 Å². The number of amides is 2. The molecule has 108 valence electrons. The first-order chi connectivity index (χ1) is 9.70. The van der Waals surface area contributed by atoms with Gasteiger partial charge >= 0.3 is 0 Å². The summed E-state index contributed by atoms with van der Waals surface area (Å²) in [7, 11) is 0. The normalized spacial score (nSPS) is 19.1. The fourth-order valence-corrected chi connectivity index (χ4v) is 2.89. The second-order valence-electron chi connectivity index (χ2n) is 5.38. The Hall–Kier alpha value is -1.85. The van der Waals surface area contributed by atoms with E-state index in [-0.39, 0.29) is 11.8 Å². The van der Waals surface area contributed by atoms with Crippen molar-refractivity contribution in [1.82, 2.24) is 19.4 Å². The van der Waals surface area contributed by atoms with Crippen LogP contribution in [0.15, 0.2) is 6.20 Å². The molecule has 6 nitrogen and oxygen atoms in total. The number of imidazole rings is 1. The van der Waals surface area contributed by atoms with Gasteiger partial charge in [0.15, 0.2) is 5.82 Å². The summed E-state index contributed by atoms with van der Waals surface area (Å²) in [6.45, 7) is 5.65. The van der Waals surface area contributed by atoms with E-state index in [0.29, 0.717) is 24.6 Å². The largest absolute Gasteiger partial charge is 0.337 e. The Morgan fingerprint density at radius 1 is 1.20 bits per heavy atom. The van der Waals surface area contributed by atoms with Crippen LogP contribution in [0.3, 0.4) is 0 Å². The second kappa shape index (κ2) is 5.26. The van der Waals surface area contributed by atoms with E-state index in [1.165, 1.54) is 6.42 Å². The molecule has 0 aliphatic carbocycles. The summed E-state index contributed by atoms with van der Waals surface area (Å²) in [5.41, 5.74) is 0.410. The molecule has 2 aliphatic rings. The van der Waals surface area contributed by atoms with Gasteiger partial charge in [-0.1, -0.05) is 0 Å². The third-order valence-corrected chi connectivity index (χ3v) is 4.11. The monoisotopic (exact) mass is 276 g/mol. The molecule has 2 amide bonds. The molecule has 3 heterocycles. The minimum Gasteiger partial charge on any atom is -0.337 e. The molecule has 0 N–H and O–H groups in total. The Morgan fingerprint density at radius 2 is 1.95 bits per heavy atom. The van der Waals surface area contributed by atoms with Crippen molar-refractivity contribution >= 4 is 11.8 Å². The van der Waals surface area contributed by atoms with Crippen LogP contribution in [-0.4, -0.2) is 57.3 Å². The number of rotatable bonds is 2. The minimum atomic E-state index is -0.0727. The van der Waals surface area contributed by atoms with Gasteiger partial charge in [-0.15, -0.1) is 0 Å². The smallest absolute Gasteiger partial charge is 0.289 e. The number of likely N-dealkylation sites (tertiary alicyclic amines) is 1. The van der Waals surface area contributed by atoms with Gasteiger partial charge in [0.25, 0.3) is 11.8 Å². The maximum atomic E-state index is 12.4. The summed E-state index contributed by atoms with van der Waals surface area (Å²) in [6.07, 6.45) is 5.04. The van der Waals surface area contributed by atoms with Crippen LogP contribution >= 0.6 is 0 Å². The Kier molecular flexibility index (Phi) is 3.46. The van der Waals surface area contributed by atoms with Crippen molar-refractivity contribution in [2.75, 3.05) is 26.2 Å². The first kappa shape index (κ1) is 13.1. The molecular weight excluding hydrogens is 256 g/mol. The first-order valence-corrected chi connectivity index (χ1v) is 7.36. The Labute approximate surface area is 118 Å². The van der Waals surface area contributed by atoms with E-state index in [2.05, 4.69) is 4.98 Å². The Balaban J connectivity index is 1.82. The average Bonchev–Trinajstić information content (AvgIpc) is 2.93. The lowest BCUT2D eigenvalue weighted by atomic mass is 10.1. The first-order valence-electron chi connectivity index (χ1n) is 7.36. The van der Waals surface area contributed by atoms with Crippen molar-refractivity contribution in [1.29, 1.82) is 0 Å². The summed E-state index contributed by atoms with van der Waals surface area (Å²) in [5, 5.41) is 0. The van der Waals surface area contributed by atoms with Crippen molar-refractivity contribution in [2.45, 2.75) is 32.7 Å². The van der Waals surface area contributed by atoms with Crippen molar-refractivity contribution in [2.24, 2.45) is 0 Å². The molecular formula is C14H20N4O2. The highest BCUT2D eigenvalue weighted by Gasteiger charge is 2.29. The number of carbonyl (C=O) groups is 2. The number of likely N-dealkylation sites (N-methyl/N-ethyl adjacent to an activating group) is 1. The van der Waals surface area contributed by atoms with E-state index in [4.69, 9.17) is 0 Å². The number of nitrogens with zero attached hydrogens (tertiary/aromatic N) is 4. The molecule has 1 fully saturated rings. The number of fused-ring (bicyclic) bond motifs is 1. The fourth-order valence-electron chi connectivity index (χ4n) is 2.89. The molecule has 0 atom stereocenters. The van der Waals surface area contributed by atoms with Crippen molar-refractivity contribution < 1.29 is 9.59 Å². The van der Waals surface area contributed by atoms with Crippen molar-refractivity contribution in [3.8, 4) is 0 Å². The van der Waals surface area contributed by atoms with Crippen LogP contribution in [0.5, 0.6) is 0 Å². The Bertz CT molecular complexity index is 531. The number of aromatic nitrogens is 2. The van der Waals surface area contributed by atoms with Crippen LogP contribution in [0.1, 0.15) is 47.3 Å². The van der Waals surface area contributed by atoms with E-state index >= 15 is 0 Å². The molecule has 0 aromatic carbocycles. The van der Waals surface area contributed by atoms with Crippen LogP contribution in [0, 0.1) is 0 Å². The van der Waals surface area contributed by atoms with E-state index in [1.54, 1.807) is 11.1 Å². The Morgan fingerprint density at radius 3 is 2.65 bits per heavy atom. The molecule has 0 radical (unpaired) electrons. The summed E-state index contributed by atoms with van der Waals surface area (Å²) >= 11 is 0. The van der Waals surface area contributed by atoms with Crippen LogP contribution in [0.4, 0.5) is 0 Å². The lowest BCUT2D eigenvalue weighted by Crippen LogP contribution is -2.40. The highest BCUT2D eigenvalue weighted by molar-refractivity contribution is 5.96. The van der Waals surface area contributed by atoms with Gasteiger partial charge < -0.3 is 14.4 Å². The van der Waals surface area contributed by atoms with Gasteiger partial charge in [-0.05, 0) is 26.2 Å². The highest BCUT2D eigenvalue weighted by Crippen LogP contribution is 2.16. The summed E-state index contributed by atoms with van der Waals surface area (Å²) in [5.74, 6) is 0.289. The van der Waals surface area contributed by atoms with Crippen molar-refractivity contribution in [3.63, 3.8) is 0 Å². The second-order valence-corrected chi connectivity index (χ2v) is 5.38. The minimum absolute atomic E-state index is 0.0394. The van der Waals surface area contributed by atoms with Gasteiger partial charge in [0.1, 0.15) is 5.69 Å². The summed E-state index contributed by atoms with van der Waals surface area (Å²) in [4.78, 5) is 32.5. The molecule has 1 saturated heterocycles. The maximum absolute atomic E-state index is 12.4. The fraction of sp³-hybridized carbons (Fsp3) is 0.643. The molecule has 1 aromatic rings. The average molecular weight is 276 g/mol. The molecule has 0 unspecified atom stereocenters. The molecule has 0 bridgehead atoms. The van der Waals surface area contributed by atoms with E-state index in [9.17, 15) is 9.59 Å². The number of carbonyl (C=O) groups excluding carboxylic acids is 2. The SMILES string of the molecule is CCN1CCn2cc(C(=O)N3CCCCC3)nc2C1=O. The lowest BCUT2D eigenvalue weighted by Gasteiger charge is -2.25. The molecule has 20 heavy (non-hydrogen) atoms. The highest BCUT2D eigenvalue weighted by atomic mass is 16.2. The van der Waals surface area contributed by atoms with Crippen molar-refractivity contribution in [3.05, 3.63) is 17.7 Å². The lowest BCUT2D eigenvalue weighted by molar-refractivity contribution is 0.0707. The van der Waals surface area contributed by atoms with Gasteiger partial charge in [-0.2, -0.15) is 0 Å². The molecule has 2 aliphatic heterocycles. The quantitative estimate of drug-likeness (QED) is 0.809. The van der Waals surface area contributed by atoms with E-state index in [0.717, 1.165) is 32.5 Å². The van der Waals surface area contributed by atoms with Gasteiger partial charge in [0, 0.05) is 38.9 Å². The topological polar surface area (TPSA) is 58.4 Å². The van der Waals surface area contributed by atoms with Crippen LogP contribution in [0.2, 0.25) is 0 Å². The number of hydrogen-bond donors (Lipinski definition) is 0. The zero-order chi connectivity index (χ0) is 14.1. The third kappa shape index (κ3) is 2.19. The summed E-state index contributed by atoms with van der Waals surface area (Å²) in [6, 6.07) is 0. The van der Waals surface area contributed by atoms with Gasteiger partial charge in [-0.3, -0.25) is 9.59 Å². The van der Waals surface area contributed by atoms with E-state index < -0.39 is 0 Å². The number of piperidine rings is 1. The zero-order valence-corrected chi connectivity index (χ0v) is 11.8. The maximum Gasteiger partial charge on any atom is 0.289 e. The van der Waals surface area contributed by atoms with Gasteiger partial charge in [-0.25, -0.2) is 4.98 Å². The van der Waals surface area contributed by atoms with Crippen LogP contribution in [0.25, 0.3) is 0 Å². The molecule has 1 aromatic heterocycles. The van der Waals surface area contributed by atoms with Crippen LogP contribution < -0.4 is 0 Å². The summed E-state index contributed by atoms with van der Waals surface area (Å²) < 4.78 is 1.81. The standard InChI is InChI=1S/C14H20N4O2/c1-2-16-8-9-18-10-11(15-12(18)14(16)20)13(19)17-6-4-3-5-7-17/h10H,2-9H2,1H3. The predicted molar refractivity (Wildman–Crippen MR) is 73.6 cm³/mol. The zero-order valence-electron chi connectivity index (χ0n) is 11.8. The molecule has 6 heteroatoms. The van der Waals surface area contributed by atoms with Gasteiger partial charge in [0.05, 0.1) is 0 Å². The third-order valence-electron chi connectivity index (χ3n) is 4.11. The number of hydrogen-bond acceptors (Lipinski definition) is 3. The van der Waals surface area contributed by atoms with E-state index in [1.807, 2.05) is 16.4 Å². The molecule has 0 saturated carbocycles. The predicted octanol–water partition coefficient (Wildman–Crippen LogP) is 0.985. The molecule has 0 spiro atoms. The molecule has 3 rings (SSSR count).